The molecule has 0 amide bonds. The zero-order valence-electron chi connectivity index (χ0n) is 37.2. The quantitative estimate of drug-likeness (QED) is 0.160. The lowest BCUT2D eigenvalue weighted by Gasteiger charge is -2.36. The third-order valence-corrected chi connectivity index (χ3v) is 12.7. The SMILES string of the molecule is CC(C)(C)c1ccnc(-n2c3cc(Oc4cccc(N5CN(C(C)(C)C)C(c6ccccc6)=C5c5ccccc5)c4)ccc3c3cc4c(cc32)c2ccccc2n4-c2ccccc2)c1. The van der Waals surface area contributed by atoms with Crippen molar-refractivity contribution in [3.05, 3.63) is 205 Å². The minimum Gasteiger partial charge on any atom is -0.457 e. The van der Waals surface area contributed by atoms with Crippen LogP contribution in [0.1, 0.15) is 58.2 Å². The van der Waals surface area contributed by atoms with E-state index >= 15 is 0 Å². The number of fused-ring (bicyclic) bond motifs is 6. The molecule has 0 unspecified atom stereocenters. The van der Waals surface area contributed by atoms with E-state index in [0.717, 1.165) is 50.5 Å². The Morgan fingerprint density at radius 2 is 1.03 bits per heavy atom. The van der Waals surface area contributed by atoms with Gasteiger partial charge in [-0.05, 0) is 98.5 Å². The first-order valence-electron chi connectivity index (χ1n) is 22.2. The Bertz CT molecular complexity index is 3400. The van der Waals surface area contributed by atoms with Crippen LogP contribution in [0.5, 0.6) is 11.5 Å². The van der Waals surface area contributed by atoms with E-state index in [9.17, 15) is 0 Å². The van der Waals surface area contributed by atoms with Gasteiger partial charge in [-0.15, -0.1) is 0 Å². The third-order valence-electron chi connectivity index (χ3n) is 12.7. The van der Waals surface area contributed by atoms with Gasteiger partial charge in [0.15, 0.2) is 0 Å². The Hall–Kier alpha value is -7.57. The molecule has 6 nitrogen and oxygen atoms in total. The van der Waals surface area contributed by atoms with Crippen molar-refractivity contribution < 1.29 is 4.74 Å². The number of hydrogen-bond acceptors (Lipinski definition) is 4. The summed E-state index contributed by atoms with van der Waals surface area (Å²) in [6.07, 6.45) is 1.94. The molecule has 0 bridgehead atoms. The average molecular weight is 834 g/mol. The minimum atomic E-state index is -0.132. The molecule has 1 aliphatic heterocycles. The van der Waals surface area contributed by atoms with Crippen LogP contribution in [0.2, 0.25) is 0 Å². The number of ether oxygens (including phenoxy) is 1. The van der Waals surface area contributed by atoms with E-state index in [0.29, 0.717) is 6.67 Å². The van der Waals surface area contributed by atoms with E-state index < -0.39 is 0 Å². The number of rotatable bonds is 7. The van der Waals surface area contributed by atoms with Crippen molar-refractivity contribution in [1.82, 2.24) is 19.0 Å². The molecule has 0 spiro atoms. The molecule has 64 heavy (non-hydrogen) atoms. The van der Waals surface area contributed by atoms with Gasteiger partial charge in [-0.1, -0.05) is 124 Å². The smallest absolute Gasteiger partial charge is 0.137 e. The lowest BCUT2D eigenvalue weighted by atomic mass is 9.88. The number of pyridine rings is 1. The molecule has 10 aromatic rings. The largest absolute Gasteiger partial charge is 0.457 e. The van der Waals surface area contributed by atoms with Gasteiger partial charge in [0.05, 0.1) is 40.1 Å². The molecule has 6 heteroatoms. The van der Waals surface area contributed by atoms with E-state index in [1.165, 1.54) is 49.9 Å². The van der Waals surface area contributed by atoms with Gasteiger partial charge in [0.1, 0.15) is 17.3 Å². The first kappa shape index (κ1) is 39.3. The summed E-state index contributed by atoms with van der Waals surface area (Å²) in [4.78, 5) is 9.99. The Balaban J connectivity index is 1.07. The van der Waals surface area contributed by atoms with Gasteiger partial charge < -0.3 is 19.1 Å². The Labute approximate surface area is 374 Å². The van der Waals surface area contributed by atoms with Crippen LogP contribution in [-0.4, -0.2) is 31.2 Å². The topological polar surface area (TPSA) is 38.5 Å². The van der Waals surface area contributed by atoms with Crippen LogP contribution in [0.15, 0.2) is 188 Å². The third kappa shape index (κ3) is 6.69. The highest BCUT2D eigenvalue weighted by Gasteiger charge is 2.37. The summed E-state index contributed by atoms with van der Waals surface area (Å²) in [6, 6.07) is 65.0. The number of hydrogen-bond donors (Lipinski definition) is 0. The molecule has 0 aliphatic carbocycles. The Morgan fingerprint density at radius 1 is 0.453 bits per heavy atom. The van der Waals surface area contributed by atoms with Crippen LogP contribution in [0.3, 0.4) is 0 Å². The van der Waals surface area contributed by atoms with Gasteiger partial charge in [-0.2, -0.15) is 0 Å². The maximum atomic E-state index is 6.90. The molecule has 0 N–H and O–H groups in total. The van der Waals surface area contributed by atoms with Crippen LogP contribution in [0.4, 0.5) is 5.69 Å². The van der Waals surface area contributed by atoms with Gasteiger partial charge in [0.2, 0.25) is 0 Å². The van der Waals surface area contributed by atoms with Gasteiger partial charge in [-0.3, -0.25) is 4.57 Å². The van der Waals surface area contributed by atoms with Crippen LogP contribution in [0.25, 0.3) is 66.5 Å². The zero-order valence-corrected chi connectivity index (χ0v) is 37.2. The highest BCUT2D eigenvalue weighted by atomic mass is 16.5. The normalized spacial score (nSPS) is 13.6. The van der Waals surface area contributed by atoms with Gasteiger partial charge in [0, 0.05) is 67.9 Å². The molecule has 314 valence electrons. The number of para-hydroxylation sites is 2. The number of nitrogens with zero attached hydrogens (tertiary/aromatic N) is 5. The van der Waals surface area contributed by atoms with E-state index in [4.69, 9.17) is 9.72 Å². The second kappa shape index (κ2) is 15.1. The summed E-state index contributed by atoms with van der Waals surface area (Å²) >= 11 is 0. The standard InChI is InChI=1S/C58H51N5O/c1-57(2,3)41-31-32-59-54(33-41)63-51-35-45(29-30-47(51)49-36-52-48(37-53(49)63)46-27-16-17-28-50(46)62(52)42-23-14-9-15-24-42)64-44-26-18-25-43(34-44)60-38-61(58(4,5)6)56(40-21-12-8-13-22-40)55(60)39-19-10-7-11-20-39/h7-37H,38H2,1-6H3. The van der Waals surface area contributed by atoms with Crippen LogP contribution in [-0.2, 0) is 5.41 Å². The van der Waals surface area contributed by atoms with Crippen LogP contribution >= 0.6 is 0 Å². The summed E-state index contributed by atoms with van der Waals surface area (Å²) in [6.45, 7) is 14.3. The molecule has 0 atom stereocenters. The molecule has 11 rings (SSSR count). The fraction of sp³-hybridized carbons (Fsp3) is 0.155. The highest BCUT2D eigenvalue weighted by molar-refractivity contribution is 6.19. The fourth-order valence-electron chi connectivity index (χ4n) is 9.56. The van der Waals surface area contributed by atoms with Crippen molar-refractivity contribution >= 4 is 60.7 Å². The lowest BCUT2D eigenvalue weighted by Crippen LogP contribution is -2.41. The molecule has 4 heterocycles. The number of anilines is 1. The maximum absolute atomic E-state index is 6.90. The van der Waals surface area contributed by atoms with Gasteiger partial charge >= 0.3 is 0 Å². The molecule has 0 saturated carbocycles. The predicted octanol–water partition coefficient (Wildman–Crippen LogP) is 14.8. The van der Waals surface area contributed by atoms with Crippen LogP contribution < -0.4 is 9.64 Å². The van der Waals surface area contributed by atoms with Crippen molar-refractivity contribution in [2.24, 2.45) is 0 Å². The van der Waals surface area contributed by atoms with E-state index in [-0.39, 0.29) is 11.0 Å². The zero-order chi connectivity index (χ0) is 43.7. The summed E-state index contributed by atoms with van der Waals surface area (Å²) in [7, 11) is 0. The van der Waals surface area contributed by atoms with Crippen LogP contribution in [0, 0.1) is 0 Å². The molecular formula is C58H51N5O. The predicted molar refractivity (Wildman–Crippen MR) is 267 cm³/mol. The average Bonchev–Trinajstić information content (AvgIpc) is 3.97. The summed E-state index contributed by atoms with van der Waals surface area (Å²) in [5.74, 6) is 2.40. The van der Waals surface area contributed by atoms with Gasteiger partial charge in [-0.25, -0.2) is 4.98 Å². The first-order valence-corrected chi connectivity index (χ1v) is 22.2. The summed E-state index contributed by atoms with van der Waals surface area (Å²) in [5, 5.41) is 4.70. The molecule has 7 aromatic carbocycles. The van der Waals surface area contributed by atoms with E-state index in [2.05, 4.69) is 242 Å². The monoisotopic (exact) mass is 833 g/mol. The molecule has 0 saturated heterocycles. The summed E-state index contributed by atoms with van der Waals surface area (Å²) < 4.78 is 11.6. The summed E-state index contributed by atoms with van der Waals surface area (Å²) in [5.41, 5.74) is 12.5. The lowest BCUT2D eigenvalue weighted by molar-refractivity contribution is 0.237. The van der Waals surface area contributed by atoms with Crippen molar-refractivity contribution in [2.75, 3.05) is 11.6 Å². The van der Waals surface area contributed by atoms with Gasteiger partial charge in [0.25, 0.3) is 0 Å². The first-order chi connectivity index (χ1) is 31.0. The van der Waals surface area contributed by atoms with Crippen molar-refractivity contribution in [3.8, 4) is 23.0 Å². The highest BCUT2D eigenvalue weighted by Crippen LogP contribution is 2.45. The number of benzene rings is 7. The van der Waals surface area contributed by atoms with E-state index in [1.54, 1.807) is 0 Å². The fourth-order valence-corrected chi connectivity index (χ4v) is 9.56. The molecule has 0 fully saturated rings. The molecule has 0 radical (unpaired) electrons. The van der Waals surface area contributed by atoms with E-state index in [1.807, 2.05) is 6.20 Å². The maximum Gasteiger partial charge on any atom is 0.137 e. The second-order valence-electron chi connectivity index (χ2n) is 18.9. The van der Waals surface area contributed by atoms with Crippen molar-refractivity contribution in [3.63, 3.8) is 0 Å². The molecule has 1 aliphatic rings. The second-order valence-corrected chi connectivity index (χ2v) is 18.9. The van der Waals surface area contributed by atoms with Crippen molar-refractivity contribution in [2.45, 2.75) is 52.5 Å². The molecular weight excluding hydrogens is 783 g/mol. The minimum absolute atomic E-state index is 0.0528. The van der Waals surface area contributed by atoms with Crippen molar-refractivity contribution in [1.29, 1.82) is 0 Å². The number of aromatic nitrogens is 3. The Kier molecular flexibility index (Phi) is 9.24. The Morgan fingerprint density at radius 3 is 1.72 bits per heavy atom. The molecule has 3 aromatic heterocycles.